The van der Waals surface area contributed by atoms with E-state index in [0.29, 0.717) is 31.0 Å². The van der Waals surface area contributed by atoms with Gasteiger partial charge in [0.05, 0.1) is 5.56 Å². The van der Waals surface area contributed by atoms with Crippen molar-refractivity contribution in [3.8, 4) is 0 Å². The Morgan fingerprint density at radius 1 is 0.952 bits per heavy atom. The molecule has 0 aliphatic heterocycles. The molecule has 0 aliphatic rings. The molecular formula is C15H18F5N. The van der Waals surface area contributed by atoms with Gasteiger partial charge in [-0.05, 0) is 25.0 Å². The molecule has 0 radical (unpaired) electrons. The molecule has 6 heteroatoms. The van der Waals surface area contributed by atoms with Crippen LogP contribution in [-0.2, 0) is 0 Å². The van der Waals surface area contributed by atoms with Gasteiger partial charge < -0.3 is 5.32 Å². The van der Waals surface area contributed by atoms with Gasteiger partial charge in [0, 0.05) is 6.54 Å². The van der Waals surface area contributed by atoms with Gasteiger partial charge in [-0.2, -0.15) is 0 Å². The molecule has 0 heterocycles. The summed E-state index contributed by atoms with van der Waals surface area (Å²) in [7, 11) is 0. The third-order valence-corrected chi connectivity index (χ3v) is 2.95. The molecule has 1 aromatic carbocycles. The standard InChI is InChI=1S/C15H18F5N/c1-4-9(7-21-6-8(2)3)5-10-11(16)13(18)15(20)14(19)12(10)17/h5,8,21H,4,6-7H2,1-3H3. The van der Waals surface area contributed by atoms with Crippen LogP contribution in [0.4, 0.5) is 22.0 Å². The van der Waals surface area contributed by atoms with Gasteiger partial charge in [-0.25, -0.2) is 22.0 Å². The first-order valence-electron chi connectivity index (χ1n) is 6.71. The van der Waals surface area contributed by atoms with E-state index < -0.39 is 34.6 Å². The minimum atomic E-state index is -2.14. The average Bonchev–Trinajstić information content (AvgIpc) is 2.45. The summed E-state index contributed by atoms with van der Waals surface area (Å²) in [4.78, 5) is 0. The zero-order valence-corrected chi connectivity index (χ0v) is 12.2. The zero-order valence-electron chi connectivity index (χ0n) is 12.2. The predicted octanol–water partition coefficient (Wildman–Crippen LogP) is 4.42. The molecule has 0 atom stereocenters. The predicted molar refractivity (Wildman–Crippen MR) is 72.2 cm³/mol. The van der Waals surface area contributed by atoms with Crippen LogP contribution in [-0.4, -0.2) is 13.1 Å². The second-order valence-electron chi connectivity index (χ2n) is 5.16. The minimum absolute atomic E-state index is 0.328. The van der Waals surface area contributed by atoms with Gasteiger partial charge in [0.25, 0.3) is 0 Å². The Hall–Kier alpha value is -1.43. The molecule has 0 aromatic heterocycles. The second-order valence-corrected chi connectivity index (χ2v) is 5.16. The highest BCUT2D eigenvalue weighted by molar-refractivity contribution is 5.55. The van der Waals surface area contributed by atoms with Crippen LogP contribution in [0.5, 0.6) is 0 Å². The minimum Gasteiger partial charge on any atom is -0.313 e. The number of benzene rings is 1. The molecule has 0 fully saturated rings. The third-order valence-electron chi connectivity index (χ3n) is 2.95. The van der Waals surface area contributed by atoms with Crippen LogP contribution in [0.2, 0.25) is 0 Å². The van der Waals surface area contributed by atoms with Crippen molar-refractivity contribution in [3.05, 3.63) is 40.2 Å². The summed E-state index contributed by atoms with van der Waals surface area (Å²) in [6.45, 7) is 6.75. The fourth-order valence-electron chi connectivity index (χ4n) is 1.75. The molecule has 0 aliphatic carbocycles. The van der Waals surface area contributed by atoms with E-state index in [1.54, 1.807) is 6.92 Å². The maximum absolute atomic E-state index is 13.6. The summed E-state index contributed by atoms with van der Waals surface area (Å²) < 4.78 is 66.3. The van der Waals surface area contributed by atoms with Crippen molar-refractivity contribution >= 4 is 6.08 Å². The van der Waals surface area contributed by atoms with E-state index in [1.807, 2.05) is 13.8 Å². The smallest absolute Gasteiger partial charge is 0.200 e. The van der Waals surface area contributed by atoms with E-state index in [0.717, 1.165) is 6.08 Å². The molecule has 0 spiro atoms. The van der Waals surface area contributed by atoms with Crippen molar-refractivity contribution in [3.63, 3.8) is 0 Å². The highest BCUT2D eigenvalue weighted by Gasteiger charge is 2.24. The first-order valence-corrected chi connectivity index (χ1v) is 6.71. The highest BCUT2D eigenvalue weighted by Crippen LogP contribution is 2.25. The summed E-state index contributed by atoms with van der Waals surface area (Å²) in [5, 5.41) is 3.06. The Balaban J connectivity index is 3.11. The fourth-order valence-corrected chi connectivity index (χ4v) is 1.75. The lowest BCUT2D eigenvalue weighted by molar-refractivity contribution is 0.377. The van der Waals surface area contributed by atoms with Crippen molar-refractivity contribution in [2.45, 2.75) is 27.2 Å². The van der Waals surface area contributed by atoms with E-state index in [4.69, 9.17) is 0 Å². The van der Waals surface area contributed by atoms with Crippen LogP contribution >= 0.6 is 0 Å². The van der Waals surface area contributed by atoms with Crippen molar-refractivity contribution in [1.82, 2.24) is 5.32 Å². The number of hydrogen-bond acceptors (Lipinski definition) is 1. The van der Waals surface area contributed by atoms with Gasteiger partial charge >= 0.3 is 0 Å². The normalized spacial score (nSPS) is 12.3. The molecule has 0 bridgehead atoms. The lowest BCUT2D eigenvalue weighted by atomic mass is 10.1. The number of nitrogens with one attached hydrogen (secondary N) is 1. The number of hydrogen-bond donors (Lipinski definition) is 1. The SMILES string of the molecule is CCC(=Cc1c(F)c(F)c(F)c(F)c1F)CNCC(C)C. The van der Waals surface area contributed by atoms with Crippen LogP contribution in [0.1, 0.15) is 32.8 Å². The first kappa shape index (κ1) is 17.6. The van der Waals surface area contributed by atoms with Crippen molar-refractivity contribution in [2.75, 3.05) is 13.1 Å². The topological polar surface area (TPSA) is 12.0 Å². The Labute approximate surface area is 120 Å². The third kappa shape index (κ3) is 4.27. The molecule has 1 rings (SSSR count). The van der Waals surface area contributed by atoms with E-state index in [2.05, 4.69) is 5.32 Å². The summed E-state index contributed by atoms with van der Waals surface area (Å²) in [6, 6.07) is 0. The van der Waals surface area contributed by atoms with Gasteiger partial charge in [0.2, 0.25) is 5.82 Å². The van der Waals surface area contributed by atoms with Crippen LogP contribution in [0, 0.1) is 35.0 Å². The van der Waals surface area contributed by atoms with E-state index in [-0.39, 0.29) is 0 Å². The zero-order chi connectivity index (χ0) is 16.2. The monoisotopic (exact) mass is 307 g/mol. The van der Waals surface area contributed by atoms with Gasteiger partial charge in [-0.1, -0.05) is 26.3 Å². The number of rotatable bonds is 6. The quantitative estimate of drug-likeness (QED) is 0.466. The Morgan fingerprint density at radius 2 is 1.43 bits per heavy atom. The van der Waals surface area contributed by atoms with Crippen LogP contribution < -0.4 is 5.32 Å². The molecular weight excluding hydrogens is 289 g/mol. The summed E-state index contributed by atoms with van der Waals surface area (Å²) in [6.07, 6.45) is 1.45. The lowest BCUT2D eigenvalue weighted by Crippen LogP contribution is -2.22. The van der Waals surface area contributed by atoms with Crippen molar-refractivity contribution in [2.24, 2.45) is 5.92 Å². The van der Waals surface area contributed by atoms with E-state index in [1.165, 1.54) is 0 Å². The van der Waals surface area contributed by atoms with Crippen molar-refractivity contribution < 1.29 is 22.0 Å². The maximum Gasteiger partial charge on any atom is 0.200 e. The average molecular weight is 307 g/mol. The molecule has 0 unspecified atom stereocenters. The summed E-state index contributed by atoms with van der Waals surface area (Å²) in [5.74, 6) is -9.21. The Kier molecular flexibility index (Phi) is 6.33. The van der Waals surface area contributed by atoms with Gasteiger partial charge in [-0.15, -0.1) is 0 Å². The van der Waals surface area contributed by atoms with E-state index >= 15 is 0 Å². The van der Waals surface area contributed by atoms with Crippen LogP contribution in [0.3, 0.4) is 0 Å². The molecule has 21 heavy (non-hydrogen) atoms. The second kappa shape index (κ2) is 7.54. The number of halogens is 5. The highest BCUT2D eigenvalue weighted by atomic mass is 19.2. The molecule has 1 nitrogen and oxygen atoms in total. The van der Waals surface area contributed by atoms with Crippen LogP contribution in [0.25, 0.3) is 6.08 Å². The molecule has 118 valence electrons. The van der Waals surface area contributed by atoms with Gasteiger partial charge in [0.15, 0.2) is 23.3 Å². The van der Waals surface area contributed by atoms with E-state index in [9.17, 15) is 22.0 Å². The first-order chi connectivity index (χ1) is 9.79. The molecule has 0 amide bonds. The van der Waals surface area contributed by atoms with Crippen molar-refractivity contribution in [1.29, 1.82) is 0 Å². The molecule has 0 saturated heterocycles. The van der Waals surface area contributed by atoms with Crippen LogP contribution in [0.15, 0.2) is 5.57 Å². The van der Waals surface area contributed by atoms with Gasteiger partial charge in [0.1, 0.15) is 0 Å². The largest absolute Gasteiger partial charge is 0.313 e. The Bertz CT molecular complexity index is 508. The summed E-state index contributed by atoms with van der Waals surface area (Å²) >= 11 is 0. The molecule has 1 N–H and O–H groups in total. The maximum atomic E-state index is 13.6. The summed E-state index contributed by atoms with van der Waals surface area (Å²) in [5.41, 5.74) is -0.339. The fraction of sp³-hybridized carbons (Fsp3) is 0.467. The molecule has 1 aromatic rings. The van der Waals surface area contributed by atoms with Gasteiger partial charge in [-0.3, -0.25) is 0 Å². The lowest BCUT2D eigenvalue weighted by Gasteiger charge is -2.11. The Morgan fingerprint density at radius 3 is 1.86 bits per heavy atom. The molecule has 0 saturated carbocycles.